The number of nitrogens with zero attached hydrogens (tertiary/aromatic N) is 2. The van der Waals surface area contributed by atoms with Crippen LogP contribution in [0.15, 0.2) is 46.5 Å². The van der Waals surface area contributed by atoms with Crippen LogP contribution in [0.2, 0.25) is 0 Å². The van der Waals surface area contributed by atoms with Crippen LogP contribution in [0.1, 0.15) is 112 Å². The summed E-state index contributed by atoms with van der Waals surface area (Å²) < 4.78 is 11.1. The lowest BCUT2D eigenvalue weighted by Crippen LogP contribution is -2.68. The molecule has 4 saturated carbocycles. The number of para-hydroxylation sites is 1. The molecule has 2 radical (unpaired) electrons. The predicted octanol–water partition coefficient (Wildman–Crippen LogP) is 8.08. The van der Waals surface area contributed by atoms with Crippen LogP contribution >= 0.6 is 0 Å². The number of aromatic nitrogens is 1. The van der Waals surface area contributed by atoms with Crippen LogP contribution in [0, 0.1) is 50.2 Å². The normalized spacial score (nSPS) is 40.6. The summed E-state index contributed by atoms with van der Waals surface area (Å²) in [5.74, 6) is -0.844. The van der Waals surface area contributed by atoms with Gasteiger partial charge in [0.05, 0.1) is 7.11 Å². The van der Waals surface area contributed by atoms with Crippen molar-refractivity contribution in [3.63, 3.8) is 0 Å². The second kappa shape index (κ2) is 11.0. The summed E-state index contributed by atoms with van der Waals surface area (Å²) in [6.45, 7) is 15.3. The SMILES string of the molecule is COc1ccccc1-c1cc(C[N]C(=O)[C@@]2(C)CC[C@]3(C)CC[C@]4(C)C(=CC(=O)C5[C@@]6(C)CC[C@@]([O])(O)C(C)(C)C6CC[C@]54C)[C@H]3C2)on1. The number of allylic oxidation sites excluding steroid dienone is 2. The van der Waals surface area contributed by atoms with E-state index in [1.807, 2.05) is 50.3 Å². The van der Waals surface area contributed by atoms with Gasteiger partial charge in [-0.25, -0.2) is 5.32 Å². The third-order valence-corrected chi connectivity index (χ3v) is 15.6. The number of carbonyl (C=O) groups excluding carboxylic acids is 2. The Kier molecular flexibility index (Phi) is 7.75. The molecule has 7 rings (SSSR count). The third-order valence-electron chi connectivity index (χ3n) is 15.6. The molecular formula is C41H54N2O6. The highest BCUT2D eigenvalue weighted by Gasteiger charge is 2.72. The molecule has 0 spiro atoms. The number of aliphatic hydroxyl groups is 1. The van der Waals surface area contributed by atoms with Crippen LogP contribution in [0.3, 0.4) is 0 Å². The number of amides is 1. The summed E-state index contributed by atoms with van der Waals surface area (Å²) >= 11 is 0. The largest absolute Gasteiger partial charge is 0.496 e. The Balaban J connectivity index is 1.14. The molecule has 1 aromatic carbocycles. The van der Waals surface area contributed by atoms with E-state index in [9.17, 15) is 19.8 Å². The van der Waals surface area contributed by atoms with E-state index in [1.54, 1.807) is 7.11 Å². The van der Waals surface area contributed by atoms with Crippen LogP contribution in [-0.2, 0) is 21.2 Å². The summed E-state index contributed by atoms with van der Waals surface area (Å²) in [6.07, 6.45) is 8.80. The lowest BCUT2D eigenvalue weighted by atomic mass is 9.33. The molecule has 8 heteroatoms. The third kappa shape index (κ3) is 4.78. The quantitative estimate of drug-likeness (QED) is 0.321. The predicted molar refractivity (Wildman–Crippen MR) is 184 cm³/mol. The van der Waals surface area contributed by atoms with Gasteiger partial charge in [0, 0.05) is 34.8 Å². The number of fused-ring (bicyclic) bond motifs is 7. The molecule has 49 heavy (non-hydrogen) atoms. The molecule has 5 aliphatic rings. The Morgan fingerprint density at radius 2 is 1.71 bits per heavy atom. The molecule has 4 fully saturated rings. The van der Waals surface area contributed by atoms with E-state index in [0.717, 1.165) is 44.1 Å². The van der Waals surface area contributed by atoms with Crippen molar-refractivity contribution in [2.24, 2.45) is 50.2 Å². The minimum absolute atomic E-state index is 0.0101. The molecule has 0 bridgehead atoms. The van der Waals surface area contributed by atoms with E-state index in [2.05, 4.69) is 45.1 Å². The van der Waals surface area contributed by atoms with Crippen LogP contribution in [0.4, 0.5) is 0 Å². The molecule has 1 aromatic heterocycles. The first-order chi connectivity index (χ1) is 22.9. The average molecular weight is 671 g/mol. The maximum atomic E-state index is 14.6. The van der Waals surface area contributed by atoms with E-state index in [0.29, 0.717) is 30.0 Å². The van der Waals surface area contributed by atoms with Crippen LogP contribution < -0.4 is 10.1 Å². The zero-order valence-electron chi connectivity index (χ0n) is 30.7. The van der Waals surface area contributed by atoms with E-state index >= 15 is 0 Å². The van der Waals surface area contributed by atoms with Crippen molar-refractivity contribution in [2.75, 3.05) is 7.11 Å². The van der Waals surface area contributed by atoms with Crippen molar-refractivity contribution in [2.45, 2.75) is 119 Å². The smallest absolute Gasteiger partial charge is 0.247 e. The van der Waals surface area contributed by atoms with Gasteiger partial charge in [-0.3, -0.25) is 9.59 Å². The summed E-state index contributed by atoms with van der Waals surface area (Å²) in [7, 11) is 1.62. The van der Waals surface area contributed by atoms with Gasteiger partial charge in [-0.1, -0.05) is 71.3 Å². The molecule has 5 aliphatic carbocycles. The fraction of sp³-hybridized carbons (Fsp3) is 0.683. The molecule has 0 aliphatic heterocycles. The molecule has 1 amide bonds. The Labute approximate surface area is 291 Å². The molecule has 8 nitrogen and oxygen atoms in total. The molecular weight excluding hydrogens is 616 g/mol. The standard InChI is InChI=1S/C41H54N2O6/c1-35(2)32-13-14-40(7)33(38(32,5)18-20-41(35,46)47)30(44)22-27-28-23-37(4,16-15-36(28,3)17-19-39(27,40)6)34(45)42-24-25-21-29(43-49-25)26-11-9-10-12-31(26)48-8/h9-12,21-22,28,32-33,46H,13-20,23-24H2,1-8H3/t28-,32?,33?,36-,37+,38+,39-,40-,41+/m1/s1. The fourth-order valence-corrected chi connectivity index (χ4v) is 12.0. The zero-order valence-corrected chi connectivity index (χ0v) is 30.7. The molecule has 264 valence electrons. The van der Waals surface area contributed by atoms with Gasteiger partial charge in [0.25, 0.3) is 0 Å². The number of ether oxygens (including phenoxy) is 1. The second-order valence-electron chi connectivity index (χ2n) is 18.3. The summed E-state index contributed by atoms with van der Waals surface area (Å²) in [5, 5.41) is 33.0. The van der Waals surface area contributed by atoms with Crippen molar-refractivity contribution in [3.05, 3.63) is 47.7 Å². The Bertz CT molecular complexity index is 1710. The minimum Gasteiger partial charge on any atom is -0.496 e. The van der Waals surface area contributed by atoms with Crippen molar-refractivity contribution < 1.29 is 29.1 Å². The fourth-order valence-electron chi connectivity index (χ4n) is 12.0. The average Bonchev–Trinajstić information content (AvgIpc) is 3.53. The number of hydrogen-bond acceptors (Lipinski definition) is 6. The maximum Gasteiger partial charge on any atom is 0.247 e. The second-order valence-corrected chi connectivity index (χ2v) is 18.3. The number of methoxy groups -OCH3 is 1. The van der Waals surface area contributed by atoms with E-state index in [1.165, 1.54) is 5.57 Å². The Morgan fingerprint density at radius 3 is 2.45 bits per heavy atom. The Hall–Kier alpha value is -2.97. The number of hydrogen-bond donors (Lipinski definition) is 1. The molecule has 9 atom stereocenters. The zero-order chi connectivity index (χ0) is 35.4. The van der Waals surface area contributed by atoms with E-state index in [4.69, 9.17) is 9.26 Å². The molecule has 1 N–H and O–H groups in total. The van der Waals surface area contributed by atoms with Crippen molar-refractivity contribution in [3.8, 4) is 17.0 Å². The number of rotatable bonds is 5. The summed E-state index contributed by atoms with van der Waals surface area (Å²) in [5.41, 5.74) is 0.388. The molecule has 1 heterocycles. The van der Waals surface area contributed by atoms with Crippen molar-refractivity contribution in [1.29, 1.82) is 0 Å². The highest BCUT2D eigenvalue weighted by Crippen LogP contribution is 2.75. The van der Waals surface area contributed by atoms with Gasteiger partial charge in [0.15, 0.2) is 11.5 Å². The molecule has 2 unspecified atom stereocenters. The monoisotopic (exact) mass is 670 g/mol. The number of ketones is 1. The summed E-state index contributed by atoms with van der Waals surface area (Å²) in [4.78, 5) is 28.6. The van der Waals surface area contributed by atoms with Gasteiger partial charge in [-0.15, -0.1) is 0 Å². The van der Waals surface area contributed by atoms with Gasteiger partial charge in [0.1, 0.15) is 18.0 Å². The maximum absolute atomic E-state index is 14.6. The van der Waals surface area contributed by atoms with Gasteiger partial charge in [-0.2, -0.15) is 5.11 Å². The van der Waals surface area contributed by atoms with Crippen molar-refractivity contribution >= 4 is 11.7 Å². The van der Waals surface area contributed by atoms with Crippen LogP contribution in [0.5, 0.6) is 5.75 Å². The lowest BCUT2D eigenvalue weighted by Gasteiger charge is -2.70. The van der Waals surface area contributed by atoms with E-state index in [-0.39, 0.29) is 64.1 Å². The highest BCUT2D eigenvalue weighted by molar-refractivity contribution is 5.95. The van der Waals surface area contributed by atoms with E-state index < -0.39 is 16.6 Å². The lowest BCUT2D eigenvalue weighted by molar-refractivity contribution is -0.333. The first-order valence-corrected chi connectivity index (χ1v) is 18.3. The van der Waals surface area contributed by atoms with Crippen LogP contribution in [0.25, 0.3) is 11.3 Å². The topological polar surface area (TPSA) is 124 Å². The van der Waals surface area contributed by atoms with Gasteiger partial charge < -0.3 is 14.4 Å². The number of benzene rings is 1. The summed E-state index contributed by atoms with van der Waals surface area (Å²) in [6, 6.07) is 9.43. The van der Waals surface area contributed by atoms with Crippen molar-refractivity contribution in [1.82, 2.24) is 10.5 Å². The van der Waals surface area contributed by atoms with Gasteiger partial charge in [-0.05, 0) is 103 Å². The molecule has 0 saturated heterocycles. The first-order valence-electron chi connectivity index (χ1n) is 18.3. The number of carbonyl (C=O) groups is 2. The minimum atomic E-state index is -1.99. The first kappa shape index (κ1) is 34.5. The molecule has 2 aromatic rings. The highest BCUT2D eigenvalue weighted by atomic mass is 16.5. The van der Waals surface area contributed by atoms with Gasteiger partial charge in [0.2, 0.25) is 11.7 Å². The van der Waals surface area contributed by atoms with Crippen LogP contribution in [-0.4, -0.2) is 34.9 Å². The van der Waals surface area contributed by atoms with Gasteiger partial charge >= 0.3 is 0 Å². The Morgan fingerprint density at radius 1 is 1.00 bits per heavy atom.